The Kier molecular flexibility index (Phi) is 6.21. The lowest BCUT2D eigenvalue weighted by Gasteiger charge is -2.38. The molecule has 1 atom stereocenters. The minimum Gasteiger partial charge on any atom is -0.367 e. The molecule has 1 aromatic heterocycles. The zero-order chi connectivity index (χ0) is 19.4. The van der Waals surface area contributed by atoms with Gasteiger partial charge < -0.3 is 9.42 Å². The number of aromatic nitrogens is 2. The number of carbonyl (C=O) groups excluding carboxylic acids is 1. The molecule has 0 N–H and O–H groups in total. The molecule has 2 heterocycles. The average Bonchev–Trinajstić information content (AvgIpc) is 3.14. The van der Waals surface area contributed by atoms with Crippen molar-refractivity contribution in [3.63, 3.8) is 0 Å². The quantitative estimate of drug-likeness (QED) is 0.690. The molecule has 0 spiro atoms. The highest BCUT2D eigenvalue weighted by Crippen LogP contribution is 2.25. The van der Waals surface area contributed by atoms with E-state index >= 15 is 0 Å². The highest BCUT2D eigenvalue weighted by Gasteiger charge is 2.26. The molecule has 0 radical (unpaired) electrons. The summed E-state index contributed by atoms with van der Waals surface area (Å²) in [5.74, 6) is 0.940. The lowest BCUT2D eigenvalue weighted by Crippen LogP contribution is -2.47. The van der Waals surface area contributed by atoms with Crippen LogP contribution in [0.25, 0.3) is 0 Å². The van der Waals surface area contributed by atoms with E-state index in [1.165, 1.54) is 13.0 Å². The molecule has 0 amide bonds. The van der Waals surface area contributed by atoms with Crippen LogP contribution in [0.1, 0.15) is 61.7 Å². The molecule has 7 heteroatoms. The molecule has 0 aliphatic carbocycles. The number of hydrogen-bond acceptors (Lipinski definition) is 6. The number of ketones is 1. The summed E-state index contributed by atoms with van der Waals surface area (Å²) in [6, 6.07) is 4.75. The molecule has 1 aliphatic rings. The first-order chi connectivity index (χ1) is 13.0. The number of piperazine rings is 1. The van der Waals surface area contributed by atoms with E-state index in [9.17, 15) is 9.18 Å². The van der Waals surface area contributed by atoms with E-state index in [-0.39, 0.29) is 17.6 Å². The van der Waals surface area contributed by atoms with E-state index in [4.69, 9.17) is 4.52 Å². The molecule has 1 aromatic carbocycles. The number of unbranched alkanes of at least 4 members (excludes halogenated alkanes) is 1. The maximum Gasteiger partial charge on any atom is 0.243 e. The van der Waals surface area contributed by atoms with Gasteiger partial charge in [0.25, 0.3) is 0 Å². The highest BCUT2D eigenvalue weighted by atomic mass is 19.1. The van der Waals surface area contributed by atoms with Gasteiger partial charge >= 0.3 is 0 Å². The first kappa shape index (κ1) is 19.5. The summed E-state index contributed by atoms with van der Waals surface area (Å²) >= 11 is 0. The SMILES string of the molecule is CCCCc1noc(C(C)N2CCN(c3ccc(C(C)=O)cc3F)CC2)n1. The minimum absolute atomic E-state index is 0.0416. The number of Topliss-reactive ketones (excluding diaryl/α,β-unsaturated/α-hetero) is 1. The number of halogens is 1. The van der Waals surface area contributed by atoms with Gasteiger partial charge in [-0.05, 0) is 38.5 Å². The lowest BCUT2D eigenvalue weighted by atomic mass is 10.1. The fourth-order valence-electron chi connectivity index (χ4n) is 3.36. The fourth-order valence-corrected chi connectivity index (χ4v) is 3.36. The van der Waals surface area contributed by atoms with E-state index in [2.05, 4.69) is 28.9 Å². The number of rotatable bonds is 7. The van der Waals surface area contributed by atoms with E-state index in [1.807, 2.05) is 4.90 Å². The Hall–Kier alpha value is -2.28. The van der Waals surface area contributed by atoms with Crippen molar-refractivity contribution in [2.24, 2.45) is 0 Å². The van der Waals surface area contributed by atoms with E-state index in [0.29, 0.717) is 30.2 Å². The Bertz CT molecular complexity index is 784. The van der Waals surface area contributed by atoms with Crippen LogP contribution in [0.15, 0.2) is 22.7 Å². The van der Waals surface area contributed by atoms with Crippen molar-refractivity contribution in [3.8, 4) is 0 Å². The number of anilines is 1. The Labute approximate surface area is 159 Å². The van der Waals surface area contributed by atoms with Crippen molar-refractivity contribution in [2.75, 3.05) is 31.1 Å². The van der Waals surface area contributed by atoms with Crippen LogP contribution in [-0.4, -0.2) is 47.0 Å². The van der Waals surface area contributed by atoms with Crippen LogP contribution in [0.2, 0.25) is 0 Å². The number of hydrogen-bond donors (Lipinski definition) is 0. The summed E-state index contributed by atoms with van der Waals surface area (Å²) in [7, 11) is 0. The van der Waals surface area contributed by atoms with E-state index in [1.54, 1.807) is 12.1 Å². The van der Waals surface area contributed by atoms with Gasteiger partial charge in [0, 0.05) is 38.2 Å². The molecule has 3 rings (SSSR count). The first-order valence-electron chi connectivity index (χ1n) is 9.61. The molecule has 0 bridgehead atoms. The molecular weight excluding hydrogens is 347 g/mol. The number of benzene rings is 1. The molecule has 146 valence electrons. The third-order valence-corrected chi connectivity index (χ3v) is 5.15. The Morgan fingerprint density at radius 1 is 1.30 bits per heavy atom. The second kappa shape index (κ2) is 8.61. The van der Waals surface area contributed by atoms with Crippen LogP contribution >= 0.6 is 0 Å². The second-order valence-corrected chi connectivity index (χ2v) is 7.07. The normalized spacial score (nSPS) is 16.5. The molecular formula is C20H27FN4O2. The topological polar surface area (TPSA) is 62.5 Å². The monoisotopic (exact) mass is 374 g/mol. The Morgan fingerprint density at radius 3 is 2.67 bits per heavy atom. The maximum absolute atomic E-state index is 14.4. The van der Waals surface area contributed by atoms with Crippen LogP contribution < -0.4 is 4.90 Å². The van der Waals surface area contributed by atoms with Gasteiger partial charge in [-0.2, -0.15) is 4.98 Å². The molecule has 1 unspecified atom stereocenters. The van der Waals surface area contributed by atoms with E-state index in [0.717, 1.165) is 38.2 Å². The van der Waals surface area contributed by atoms with Gasteiger partial charge in [0.2, 0.25) is 5.89 Å². The van der Waals surface area contributed by atoms with Crippen molar-refractivity contribution in [1.82, 2.24) is 15.0 Å². The average molecular weight is 374 g/mol. The van der Waals surface area contributed by atoms with Crippen LogP contribution in [0.4, 0.5) is 10.1 Å². The predicted octanol–water partition coefficient (Wildman–Crippen LogP) is 3.64. The van der Waals surface area contributed by atoms with Gasteiger partial charge in [-0.15, -0.1) is 0 Å². The summed E-state index contributed by atoms with van der Waals surface area (Å²) in [5, 5.41) is 4.07. The largest absolute Gasteiger partial charge is 0.367 e. The van der Waals surface area contributed by atoms with Gasteiger partial charge in [-0.3, -0.25) is 9.69 Å². The van der Waals surface area contributed by atoms with Gasteiger partial charge in [0.05, 0.1) is 11.7 Å². The van der Waals surface area contributed by atoms with Gasteiger partial charge in [0.15, 0.2) is 11.6 Å². The molecule has 27 heavy (non-hydrogen) atoms. The molecule has 0 saturated carbocycles. The van der Waals surface area contributed by atoms with Gasteiger partial charge in [-0.1, -0.05) is 18.5 Å². The Balaban J connectivity index is 1.60. The third-order valence-electron chi connectivity index (χ3n) is 5.15. The zero-order valence-corrected chi connectivity index (χ0v) is 16.2. The van der Waals surface area contributed by atoms with Gasteiger partial charge in [-0.25, -0.2) is 4.39 Å². The number of nitrogens with zero attached hydrogens (tertiary/aromatic N) is 4. The number of aryl methyl sites for hydroxylation is 1. The molecule has 6 nitrogen and oxygen atoms in total. The van der Waals surface area contributed by atoms with Crippen molar-refractivity contribution in [2.45, 2.75) is 46.1 Å². The standard InChI is InChI=1S/C20H27FN4O2/c1-4-5-6-19-22-20(27-23-19)14(2)24-9-11-25(12-10-24)18-8-7-16(15(3)26)13-17(18)21/h7-8,13-14H,4-6,9-12H2,1-3H3. The number of carbonyl (C=O) groups is 1. The summed E-state index contributed by atoms with van der Waals surface area (Å²) in [6.07, 6.45) is 3.00. The summed E-state index contributed by atoms with van der Waals surface area (Å²) in [6.45, 7) is 8.62. The second-order valence-electron chi connectivity index (χ2n) is 7.07. The summed E-state index contributed by atoms with van der Waals surface area (Å²) in [5.41, 5.74) is 0.950. The van der Waals surface area contributed by atoms with E-state index < -0.39 is 0 Å². The minimum atomic E-state index is -0.346. The third kappa shape index (κ3) is 4.53. The van der Waals surface area contributed by atoms with Crippen LogP contribution in [0, 0.1) is 5.82 Å². The maximum atomic E-state index is 14.4. The predicted molar refractivity (Wildman–Crippen MR) is 102 cm³/mol. The first-order valence-corrected chi connectivity index (χ1v) is 9.61. The zero-order valence-electron chi connectivity index (χ0n) is 16.2. The fraction of sp³-hybridized carbons (Fsp3) is 0.550. The van der Waals surface area contributed by atoms with Crippen LogP contribution in [0.3, 0.4) is 0 Å². The molecule has 1 aliphatic heterocycles. The van der Waals surface area contributed by atoms with Crippen molar-refractivity contribution < 1.29 is 13.7 Å². The van der Waals surface area contributed by atoms with Crippen molar-refractivity contribution >= 4 is 11.5 Å². The summed E-state index contributed by atoms with van der Waals surface area (Å²) in [4.78, 5) is 20.2. The molecule has 1 saturated heterocycles. The van der Waals surface area contributed by atoms with Crippen molar-refractivity contribution in [3.05, 3.63) is 41.3 Å². The lowest BCUT2D eigenvalue weighted by molar-refractivity contribution is 0.101. The molecule has 1 fully saturated rings. The molecule has 2 aromatic rings. The van der Waals surface area contributed by atoms with Crippen molar-refractivity contribution in [1.29, 1.82) is 0 Å². The van der Waals surface area contributed by atoms with Gasteiger partial charge in [0.1, 0.15) is 5.82 Å². The highest BCUT2D eigenvalue weighted by molar-refractivity contribution is 5.94. The smallest absolute Gasteiger partial charge is 0.243 e. The Morgan fingerprint density at radius 2 is 2.04 bits per heavy atom. The summed E-state index contributed by atoms with van der Waals surface area (Å²) < 4.78 is 19.8. The van der Waals surface area contributed by atoms with Crippen LogP contribution in [0.5, 0.6) is 0 Å². The van der Waals surface area contributed by atoms with Crippen LogP contribution in [-0.2, 0) is 6.42 Å².